The molecule has 1 fully saturated rings. The largest absolute Gasteiger partial charge is 0.382 e. The number of ether oxygens (including phenoxy) is 1. The number of amides is 1. The number of nitrogens with two attached hydrogens (primary N) is 1. The Kier molecular flexibility index (Phi) is 9.68. The Balaban J connectivity index is 1.90. The molecular formula is C24H38N4O3. The summed E-state index contributed by atoms with van der Waals surface area (Å²) in [6.45, 7) is 6.63. The van der Waals surface area contributed by atoms with Crippen molar-refractivity contribution >= 4 is 12.1 Å². The van der Waals surface area contributed by atoms with E-state index in [9.17, 15) is 9.90 Å². The number of carbonyl (C=O) groups excluding carboxylic acids is 1. The smallest absolute Gasteiger partial charge is 0.252 e. The summed E-state index contributed by atoms with van der Waals surface area (Å²) in [5.41, 5.74) is 7.70. The number of hydrogen-bond acceptors (Lipinski definition) is 6. The van der Waals surface area contributed by atoms with Crippen LogP contribution in [0.4, 0.5) is 0 Å². The molecule has 7 nitrogen and oxygen atoms in total. The zero-order chi connectivity index (χ0) is 22.9. The van der Waals surface area contributed by atoms with Gasteiger partial charge in [0.1, 0.15) is 0 Å². The molecule has 1 heterocycles. The van der Waals surface area contributed by atoms with E-state index in [4.69, 9.17) is 10.5 Å². The molecule has 3 unspecified atom stereocenters. The van der Waals surface area contributed by atoms with Crippen molar-refractivity contribution in [2.45, 2.75) is 65.0 Å². The zero-order valence-electron chi connectivity index (χ0n) is 19.3. The molecule has 2 aliphatic rings. The van der Waals surface area contributed by atoms with Crippen molar-refractivity contribution in [3.63, 3.8) is 0 Å². The topological polar surface area (TPSA) is 100 Å². The van der Waals surface area contributed by atoms with Crippen LogP contribution in [0.2, 0.25) is 0 Å². The van der Waals surface area contributed by atoms with Gasteiger partial charge in [0.05, 0.1) is 13.2 Å². The second kappa shape index (κ2) is 12.0. The second-order valence-corrected chi connectivity index (χ2v) is 8.78. The van der Waals surface area contributed by atoms with Crippen molar-refractivity contribution in [2.75, 3.05) is 20.2 Å². The van der Waals surface area contributed by atoms with Crippen LogP contribution in [0.5, 0.6) is 0 Å². The van der Waals surface area contributed by atoms with Crippen LogP contribution in [0.1, 0.15) is 46.5 Å². The average molecular weight is 431 g/mol. The van der Waals surface area contributed by atoms with Gasteiger partial charge in [0.2, 0.25) is 6.41 Å². The van der Waals surface area contributed by atoms with Crippen molar-refractivity contribution in [3.8, 4) is 0 Å². The van der Waals surface area contributed by atoms with Gasteiger partial charge in [0, 0.05) is 42.5 Å². The van der Waals surface area contributed by atoms with Crippen molar-refractivity contribution < 1.29 is 14.6 Å². The Morgan fingerprint density at radius 3 is 2.84 bits per heavy atom. The normalized spacial score (nSPS) is 24.6. The van der Waals surface area contributed by atoms with Gasteiger partial charge in [-0.15, -0.1) is 0 Å². The average Bonchev–Trinajstić information content (AvgIpc) is 3.07. The van der Waals surface area contributed by atoms with Crippen LogP contribution in [0.15, 0.2) is 52.7 Å². The Labute approximate surface area is 186 Å². The van der Waals surface area contributed by atoms with E-state index in [-0.39, 0.29) is 36.6 Å². The van der Waals surface area contributed by atoms with Crippen molar-refractivity contribution in [1.29, 1.82) is 0 Å². The van der Waals surface area contributed by atoms with Gasteiger partial charge in [-0.25, -0.2) is 0 Å². The number of nitrogens with one attached hydrogen (secondary N) is 1. The minimum absolute atomic E-state index is 0.0575. The summed E-state index contributed by atoms with van der Waals surface area (Å²) >= 11 is 0. The summed E-state index contributed by atoms with van der Waals surface area (Å²) in [7, 11) is 1.68. The first-order chi connectivity index (χ1) is 14.8. The van der Waals surface area contributed by atoms with Crippen molar-refractivity contribution in [2.24, 2.45) is 16.1 Å². The molecular weight excluding hydrogens is 392 g/mol. The monoisotopic (exact) mass is 430 g/mol. The summed E-state index contributed by atoms with van der Waals surface area (Å²) in [6.07, 6.45) is 16.2. The zero-order valence-corrected chi connectivity index (χ0v) is 19.3. The molecule has 2 rings (SSSR count). The van der Waals surface area contributed by atoms with Gasteiger partial charge >= 0.3 is 0 Å². The maximum absolute atomic E-state index is 12.3. The first kappa shape index (κ1) is 25.0. The van der Waals surface area contributed by atoms with Crippen LogP contribution in [-0.2, 0) is 9.53 Å². The lowest BCUT2D eigenvalue weighted by Gasteiger charge is -2.31. The summed E-state index contributed by atoms with van der Waals surface area (Å²) in [6, 6.07) is 0.256. The van der Waals surface area contributed by atoms with Gasteiger partial charge in [-0.3, -0.25) is 14.7 Å². The minimum atomic E-state index is -1.33. The molecule has 1 aliphatic carbocycles. The first-order valence-electron chi connectivity index (χ1n) is 11.0. The third kappa shape index (κ3) is 8.09. The fourth-order valence-corrected chi connectivity index (χ4v) is 3.85. The maximum atomic E-state index is 12.3. The van der Waals surface area contributed by atoms with Crippen molar-refractivity contribution in [1.82, 2.24) is 10.2 Å². The summed E-state index contributed by atoms with van der Waals surface area (Å²) in [5, 5.41) is 13.8. The molecule has 0 radical (unpaired) electrons. The summed E-state index contributed by atoms with van der Waals surface area (Å²) in [5.74, 6) is -0.276. The summed E-state index contributed by atoms with van der Waals surface area (Å²) < 4.78 is 5.57. The predicted molar refractivity (Wildman–Crippen MR) is 125 cm³/mol. The van der Waals surface area contributed by atoms with Gasteiger partial charge in [0.25, 0.3) is 5.91 Å². The highest BCUT2D eigenvalue weighted by Crippen LogP contribution is 2.21. The van der Waals surface area contributed by atoms with Crippen LogP contribution in [0.3, 0.4) is 0 Å². The van der Waals surface area contributed by atoms with Crippen molar-refractivity contribution in [3.05, 3.63) is 47.7 Å². The Morgan fingerprint density at radius 2 is 2.16 bits per heavy atom. The molecule has 0 aromatic carbocycles. The molecule has 4 N–H and O–H groups in total. The number of aliphatic hydroxyl groups excluding tert-OH is 1. The van der Waals surface area contributed by atoms with Gasteiger partial charge in [-0.2, -0.15) is 0 Å². The van der Waals surface area contributed by atoms with Crippen LogP contribution in [0.25, 0.3) is 0 Å². The number of hydrogen-bond donors (Lipinski definition) is 3. The van der Waals surface area contributed by atoms with Gasteiger partial charge in [-0.05, 0) is 25.3 Å². The maximum Gasteiger partial charge on any atom is 0.252 e. The predicted octanol–water partition coefficient (Wildman–Crippen LogP) is 2.65. The van der Waals surface area contributed by atoms with E-state index >= 15 is 0 Å². The van der Waals surface area contributed by atoms with Crippen LogP contribution >= 0.6 is 0 Å². The van der Waals surface area contributed by atoms with E-state index in [2.05, 4.69) is 36.3 Å². The lowest BCUT2D eigenvalue weighted by molar-refractivity contribution is -0.188. The molecule has 1 saturated carbocycles. The molecule has 0 aromatic heterocycles. The molecule has 3 atom stereocenters. The van der Waals surface area contributed by atoms with E-state index in [0.29, 0.717) is 0 Å². The van der Waals surface area contributed by atoms with E-state index in [1.54, 1.807) is 13.3 Å². The highest BCUT2D eigenvalue weighted by atomic mass is 16.6. The highest BCUT2D eigenvalue weighted by molar-refractivity contribution is 5.91. The lowest BCUT2D eigenvalue weighted by atomic mass is 9.91. The SMILES string of the molecule is C/C=C/C(C)(C)/C=C\C=C(/C=NC)COC(O)N1CC(NC2CCCCC2N)=CC1=O. The van der Waals surface area contributed by atoms with E-state index in [0.717, 1.165) is 37.0 Å². The van der Waals surface area contributed by atoms with E-state index < -0.39 is 6.41 Å². The Morgan fingerprint density at radius 1 is 1.42 bits per heavy atom. The van der Waals surface area contributed by atoms with E-state index in [1.807, 2.05) is 25.2 Å². The van der Waals surface area contributed by atoms with Crippen LogP contribution in [0, 0.1) is 5.41 Å². The second-order valence-electron chi connectivity index (χ2n) is 8.78. The molecule has 31 heavy (non-hydrogen) atoms. The molecule has 0 bridgehead atoms. The first-order valence-corrected chi connectivity index (χ1v) is 11.0. The Bertz CT molecular complexity index is 752. The third-order valence-electron chi connectivity index (χ3n) is 5.50. The van der Waals surface area contributed by atoms with Crippen LogP contribution in [-0.4, -0.2) is 60.8 Å². The fourth-order valence-electron chi connectivity index (χ4n) is 3.85. The molecule has 172 valence electrons. The molecule has 7 heteroatoms. The number of rotatable bonds is 10. The fraction of sp³-hybridized carbons (Fsp3) is 0.583. The standard InChI is InChI=1S/C24H38N4O3/c1-5-12-24(2,3)13-8-9-18(15-26-4)17-31-23(30)28-16-19(14-22(28)29)27-21-11-7-6-10-20(21)25/h5,8-9,12-15,20-21,23,27,30H,6-7,10-11,16-17,25H2,1-4H3/b12-5+,13-8-,18-9+,26-15?. The number of aliphatic imine (C=N–C) groups is 1. The number of nitrogens with zero attached hydrogens (tertiary/aromatic N) is 2. The third-order valence-corrected chi connectivity index (χ3v) is 5.50. The number of aliphatic hydroxyl groups is 1. The highest BCUT2D eigenvalue weighted by Gasteiger charge is 2.30. The molecule has 0 aromatic rings. The molecule has 0 spiro atoms. The van der Waals surface area contributed by atoms with Crippen LogP contribution < -0.4 is 11.1 Å². The number of allylic oxidation sites excluding steroid dienone is 5. The lowest BCUT2D eigenvalue weighted by Crippen LogP contribution is -2.47. The van der Waals surface area contributed by atoms with E-state index in [1.165, 1.54) is 11.0 Å². The quantitative estimate of drug-likeness (QED) is 0.214. The molecule has 0 saturated heterocycles. The molecule has 1 amide bonds. The summed E-state index contributed by atoms with van der Waals surface area (Å²) in [4.78, 5) is 17.7. The number of carbonyl (C=O) groups is 1. The Hall–Kier alpha value is -2.22. The van der Waals surface area contributed by atoms with Gasteiger partial charge < -0.3 is 20.9 Å². The van der Waals surface area contributed by atoms with Gasteiger partial charge in [-0.1, -0.05) is 57.1 Å². The van der Waals surface area contributed by atoms with Gasteiger partial charge in [0.15, 0.2) is 0 Å². The molecule has 1 aliphatic heterocycles. The minimum Gasteiger partial charge on any atom is -0.382 e.